The Morgan fingerprint density at radius 1 is 0.958 bits per heavy atom. The molecule has 1 rings (SSSR count). The minimum atomic E-state index is -0.452. The number of carbonyl (C=O) groups is 1. The summed E-state index contributed by atoms with van der Waals surface area (Å²) in [7, 11) is 0. The number of benzene rings is 1. The molecule has 0 aliphatic heterocycles. The van der Waals surface area contributed by atoms with Crippen LogP contribution in [0.4, 0.5) is 5.69 Å². The largest absolute Gasteiger partial charge is 0.307 e. The smallest absolute Gasteiger partial charge is 0.149 e. The average molecular weight is 332 g/mol. The van der Waals surface area contributed by atoms with Gasteiger partial charge in [-0.25, -0.2) is 0 Å². The first-order valence-electron chi connectivity index (χ1n) is 8.52. The Kier molecular flexibility index (Phi) is 7.58. The van der Waals surface area contributed by atoms with E-state index in [4.69, 9.17) is 0 Å². The fraction of sp³-hybridized carbons (Fsp3) is 0.579. The third kappa shape index (κ3) is 6.81. The normalized spacial score (nSPS) is 13.0. The summed E-state index contributed by atoms with van der Waals surface area (Å²) >= 11 is 0. The molecular weight excluding hydrogens is 300 g/mol. The minimum absolute atomic E-state index is 0.158. The number of Topliss-reactive ketones (excluding diaryl/α,β-unsaturated/α-hetero) is 1. The van der Waals surface area contributed by atoms with Crippen molar-refractivity contribution in [2.75, 3.05) is 18.5 Å². The summed E-state index contributed by atoms with van der Waals surface area (Å²) in [5.41, 5.74) is 4.40. The van der Waals surface area contributed by atoms with Crippen molar-refractivity contribution in [2.45, 2.75) is 59.0 Å². The third-order valence-electron chi connectivity index (χ3n) is 4.40. The lowest BCUT2D eigenvalue weighted by Crippen LogP contribution is -2.48. The van der Waals surface area contributed by atoms with Crippen LogP contribution in [0.2, 0.25) is 0 Å². The van der Waals surface area contributed by atoms with Crippen LogP contribution >= 0.6 is 0 Å². The molecule has 0 bridgehead atoms. The summed E-state index contributed by atoms with van der Waals surface area (Å²) in [4.78, 5) is 11.5. The van der Waals surface area contributed by atoms with Crippen LogP contribution in [0.25, 0.3) is 0 Å². The molecule has 0 aromatic heterocycles. The Bertz CT molecular complexity index is 550. The maximum atomic E-state index is 11.5. The quantitative estimate of drug-likeness (QED) is 0.350. The first kappa shape index (κ1) is 20.3. The Hall–Kier alpha value is -1.72. The molecule has 1 aromatic carbocycles. The summed E-state index contributed by atoms with van der Waals surface area (Å²) < 4.78 is 0. The van der Waals surface area contributed by atoms with Crippen LogP contribution in [0.15, 0.2) is 35.4 Å². The molecule has 0 saturated carbocycles. The van der Waals surface area contributed by atoms with Crippen molar-refractivity contribution in [1.82, 2.24) is 10.6 Å². The van der Waals surface area contributed by atoms with Crippen LogP contribution in [0.1, 0.15) is 48.0 Å². The van der Waals surface area contributed by atoms with Crippen molar-refractivity contribution in [3.8, 4) is 0 Å². The van der Waals surface area contributed by atoms with Gasteiger partial charge >= 0.3 is 0 Å². The Balaban J connectivity index is 2.38. The molecule has 5 heteroatoms. The zero-order chi connectivity index (χ0) is 18.2. The maximum Gasteiger partial charge on any atom is 0.149 e. The van der Waals surface area contributed by atoms with E-state index in [1.165, 1.54) is 0 Å². The molecule has 5 nitrogen and oxygen atoms in total. The van der Waals surface area contributed by atoms with Crippen molar-refractivity contribution in [2.24, 2.45) is 5.10 Å². The van der Waals surface area contributed by atoms with Crippen molar-refractivity contribution in [3.63, 3.8) is 0 Å². The molecule has 0 radical (unpaired) electrons. The van der Waals surface area contributed by atoms with Crippen LogP contribution in [-0.4, -0.2) is 35.7 Å². The number of rotatable bonds is 10. The summed E-state index contributed by atoms with van der Waals surface area (Å²) in [6.45, 7) is 13.3. The van der Waals surface area contributed by atoms with Crippen LogP contribution in [-0.2, 0) is 4.79 Å². The Morgan fingerprint density at radius 3 is 2.04 bits per heavy atom. The van der Waals surface area contributed by atoms with E-state index in [0.717, 1.165) is 30.9 Å². The molecule has 0 heterocycles. The topological polar surface area (TPSA) is 65.5 Å². The highest BCUT2D eigenvalue weighted by Gasteiger charge is 2.23. The molecule has 0 unspecified atom stereocenters. The van der Waals surface area contributed by atoms with Gasteiger partial charge in [-0.05, 0) is 73.2 Å². The minimum Gasteiger partial charge on any atom is -0.307 e. The molecule has 24 heavy (non-hydrogen) atoms. The molecule has 3 N–H and O–H groups in total. The van der Waals surface area contributed by atoms with Crippen LogP contribution in [0.3, 0.4) is 0 Å². The lowest BCUT2D eigenvalue weighted by atomic mass is 9.99. The predicted octanol–water partition coefficient (Wildman–Crippen LogP) is 3.19. The Labute approximate surface area is 146 Å². The zero-order valence-electron chi connectivity index (χ0n) is 15.9. The summed E-state index contributed by atoms with van der Waals surface area (Å²) in [6, 6.07) is 9.91. The SMILES string of the molecule is CC(=O)C(C)(C)NCCCNC(C)(C)C(C)=NNc1ccccc1. The van der Waals surface area contributed by atoms with E-state index in [0.29, 0.717) is 0 Å². The second-order valence-corrected chi connectivity index (χ2v) is 7.19. The van der Waals surface area contributed by atoms with Gasteiger partial charge in [0.25, 0.3) is 0 Å². The second kappa shape index (κ2) is 8.94. The number of nitrogens with one attached hydrogen (secondary N) is 3. The second-order valence-electron chi connectivity index (χ2n) is 7.19. The molecule has 0 saturated heterocycles. The monoisotopic (exact) mass is 332 g/mol. The highest BCUT2D eigenvalue weighted by atomic mass is 16.1. The van der Waals surface area contributed by atoms with Crippen LogP contribution in [0, 0.1) is 0 Å². The van der Waals surface area contributed by atoms with E-state index in [1.807, 2.05) is 51.1 Å². The number of ketones is 1. The van der Waals surface area contributed by atoms with E-state index >= 15 is 0 Å². The number of hydrogen-bond acceptors (Lipinski definition) is 5. The first-order chi connectivity index (χ1) is 11.1. The molecule has 0 spiro atoms. The van der Waals surface area contributed by atoms with E-state index in [9.17, 15) is 4.79 Å². The van der Waals surface area contributed by atoms with Gasteiger partial charge in [0.1, 0.15) is 5.78 Å². The standard InChI is InChI=1S/C19H32N4O/c1-15(22-23-17-11-8-7-9-12-17)18(3,4)20-13-10-14-21-19(5,6)16(2)24/h7-9,11-12,20-21,23H,10,13-14H2,1-6H3. The fourth-order valence-electron chi connectivity index (χ4n) is 1.94. The van der Waals surface area contributed by atoms with E-state index in [-0.39, 0.29) is 11.3 Å². The number of anilines is 1. The number of nitrogens with zero attached hydrogens (tertiary/aromatic N) is 1. The van der Waals surface area contributed by atoms with Crippen molar-refractivity contribution >= 4 is 17.2 Å². The van der Waals surface area contributed by atoms with Gasteiger partial charge < -0.3 is 10.6 Å². The van der Waals surface area contributed by atoms with Gasteiger partial charge in [0.15, 0.2) is 0 Å². The van der Waals surface area contributed by atoms with Gasteiger partial charge in [0, 0.05) is 0 Å². The van der Waals surface area contributed by atoms with E-state index < -0.39 is 5.54 Å². The van der Waals surface area contributed by atoms with Gasteiger partial charge in [0.2, 0.25) is 0 Å². The van der Waals surface area contributed by atoms with Crippen LogP contribution < -0.4 is 16.1 Å². The van der Waals surface area contributed by atoms with Crippen molar-refractivity contribution < 1.29 is 4.79 Å². The van der Waals surface area contributed by atoms with Gasteiger partial charge in [-0.3, -0.25) is 10.2 Å². The number of carbonyl (C=O) groups excluding carboxylic acids is 1. The summed E-state index contributed by atoms with van der Waals surface area (Å²) in [5.74, 6) is 0.158. The lowest BCUT2D eigenvalue weighted by molar-refractivity contribution is -0.122. The fourth-order valence-corrected chi connectivity index (χ4v) is 1.94. The van der Waals surface area contributed by atoms with E-state index in [1.54, 1.807) is 6.92 Å². The predicted molar refractivity (Wildman–Crippen MR) is 103 cm³/mol. The molecule has 1 aromatic rings. The molecule has 0 amide bonds. The average Bonchev–Trinajstić information content (AvgIpc) is 2.52. The zero-order valence-corrected chi connectivity index (χ0v) is 15.9. The maximum absolute atomic E-state index is 11.5. The highest BCUT2D eigenvalue weighted by molar-refractivity contribution is 5.91. The third-order valence-corrected chi connectivity index (χ3v) is 4.40. The molecule has 0 fully saturated rings. The van der Waals surface area contributed by atoms with Gasteiger partial charge in [-0.2, -0.15) is 5.10 Å². The van der Waals surface area contributed by atoms with Crippen molar-refractivity contribution in [3.05, 3.63) is 30.3 Å². The molecule has 0 atom stereocenters. The molecule has 0 aliphatic carbocycles. The molecule has 134 valence electrons. The molecular formula is C19H32N4O. The number of hydrazone groups is 1. The van der Waals surface area contributed by atoms with Crippen LogP contribution in [0.5, 0.6) is 0 Å². The first-order valence-corrected chi connectivity index (χ1v) is 8.52. The number of hydrogen-bond donors (Lipinski definition) is 3. The number of para-hydroxylation sites is 1. The van der Waals surface area contributed by atoms with Gasteiger partial charge in [-0.15, -0.1) is 0 Å². The lowest BCUT2D eigenvalue weighted by Gasteiger charge is -2.27. The van der Waals surface area contributed by atoms with E-state index in [2.05, 4.69) is 35.0 Å². The van der Waals surface area contributed by atoms with Gasteiger partial charge in [0.05, 0.1) is 22.5 Å². The summed E-state index contributed by atoms with van der Waals surface area (Å²) in [5, 5.41) is 11.3. The molecule has 0 aliphatic rings. The Morgan fingerprint density at radius 2 is 1.50 bits per heavy atom. The summed E-state index contributed by atoms with van der Waals surface area (Å²) in [6.07, 6.45) is 0.944. The van der Waals surface area contributed by atoms with Crippen molar-refractivity contribution in [1.29, 1.82) is 0 Å². The highest BCUT2D eigenvalue weighted by Crippen LogP contribution is 2.09. The van der Waals surface area contributed by atoms with Gasteiger partial charge in [-0.1, -0.05) is 18.2 Å².